The summed E-state index contributed by atoms with van der Waals surface area (Å²) in [5.74, 6) is -1.56. The second-order valence-corrected chi connectivity index (χ2v) is 10.6. The van der Waals surface area contributed by atoms with E-state index in [-0.39, 0.29) is 6.04 Å². The third-order valence-corrected chi connectivity index (χ3v) is 7.16. The van der Waals surface area contributed by atoms with Crippen LogP contribution in [0.3, 0.4) is 0 Å². The van der Waals surface area contributed by atoms with Gasteiger partial charge in [-0.2, -0.15) is 13.2 Å². The number of hydrogen-bond acceptors (Lipinski definition) is 5. The standard InChI is InChI=1S/C23H28ClF3N2O5S/c1-3-4-6-16-9-15-10-22(34-8-5-7-33-2)18(24)11-17(15)20-12-21(30)19(13-29(16)20)28-35(31,32)14-23(25,26)27/h10-13,16,28H,3-9,14H2,1-2H3. The molecular formula is C23H28ClF3N2O5S. The molecule has 1 atom stereocenters. The molecule has 1 aromatic carbocycles. The molecule has 0 radical (unpaired) electrons. The molecule has 1 aliphatic heterocycles. The fourth-order valence-electron chi connectivity index (χ4n) is 4.10. The summed E-state index contributed by atoms with van der Waals surface area (Å²) in [7, 11) is -3.19. The largest absolute Gasteiger partial charge is 0.492 e. The van der Waals surface area contributed by atoms with E-state index in [1.54, 1.807) is 17.7 Å². The molecule has 0 amide bonds. The van der Waals surface area contributed by atoms with Crippen LogP contribution in [0.25, 0.3) is 11.3 Å². The van der Waals surface area contributed by atoms with Crippen molar-refractivity contribution in [1.29, 1.82) is 0 Å². The average molecular weight is 537 g/mol. The number of anilines is 1. The predicted molar refractivity (Wildman–Crippen MR) is 129 cm³/mol. The van der Waals surface area contributed by atoms with Gasteiger partial charge in [0.2, 0.25) is 15.5 Å². The first-order valence-electron chi connectivity index (χ1n) is 11.2. The van der Waals surface area contributed by atoms with Gasteiger partial charge < -0.3 is 14.0 Å². The molecule has 1 unspecified atom stereocenters. The monoisotopic (exact) mass is 536 g/mol. The number of alkyl halides is 3. The van der Waals surface area contributed by atoms with Crippen molar-refractivity contribution < 1.29 is 31.1 Å². The number of aromatic nitrogens is 1. The van der Waals surface area contributed by atoms with E-state index in [1.165, 1.54) is 12.3 Å². The summed E-state index contributed by atoms with van der Waals surface area (Å²) >= 11 is 6.44. The van der Waals surface area contributed by atoms with Crippen LogP contribution >= 0.6 is 11.6 Å². The SMILES string of the molecule is CCCCC1Cc2cc(OCCCOC)c(Cl)cc2-c2cc(=O)c(NS(=O)(=O)CC(F)(F)F)cn21. The van der Waals surface area contributed by atoms with Crippen molar-refractivity contribution in [1.82, 2.24) is 4.57 Å². The summed E-state index contributed by atoms with van der Waals surface area (Å²) in [6.45, 7) is 3.00. The van der Waals surface area contributed by atoms with Gasteiger partial charge in [-0.15, -0.1) is 0 Å². The van der Waals surface area contributed by atoms with Crippen LogP contribution in [-0.2, 0) is 21.2 Å². The van der Waals surface area contributed by atoms with Gasteiger partial charge in [0.15, 0.2) is 5.75 Å². The lowest BCUT2D eigenvalue weighted by atomic mass is 9.90. The van der Waals surface area contributed by atoms with Gasteiger partial charge in [0.1, 0.15) is 11.4 Å². The smallest absolute Gasteiger partial charge is 0.404 e. The molecule has 1 N–H and O–H groups in total. The Morgan fingerprint density at radius 2 is 1.94 bits per heavy atom. The van der Waals surface area contributed by atoms with Gasteiger partial charge >= 0.3 is 6.18 Å². The number of pyridine rings is 1. The Labute approximate surface area is 207 Å². The summed E-state index contributed by atoms with van der Waals surface area (Å²) < 4.78 is 76.3. The van der Waals surface area contributed by atoms with E-state index in [2.05, 4.69) is 0 Å². The van der Waals surface area contributed by atoms with E-state index in [0.29, 0.717) is 48.1 Å². The van der Waals surface area contributed by atoms with Gasteiger partial charge in [0.25, 0.3) is 0 Å². The summed E-state index contributed by atoms with van der Waals surface area (Å²) in [6.07, 6.45) is 0.122. The summed E-state index contributed by atoms with van der Waals surface area (Å²) in [5, 5.41) is 0.349. The van der Waals surface area contributed by atoms with E-state index in [0.717, 1.165) is 24.8 Å². The number of halogens is 4. The molecule has 1 aromatic heterocycles. The van der Waals surface area contributed by atoms with Crippen molar-refractivity contribution in [3.8, 4) is 17.0 Å². The maximum Gasteiger partial charge on any atom is 0.404 e. The van der Waals surface area contributed by atoms with Crippen molar-refractivity contribution >= 4 is 27.3 Å². The van der Waals surface area contributed by atoms with Crippen molar-refractivity contribution in [2.24, 2.45) is 0 Å². The zero-order valence-electron chi connectivity index (χ0n) is 19.5. The van der Waals surface area contributed by atoms with E-state index in [4.69, 9.17) is 21.1 Å². The van der Waals surface area contributed by atoms with Crippen molar-refractivity contribution in [3.63, 3.8) is 0 Å². The first-order chi connectivity index (χ1) is 16.4. The molecule has 3 rings (SSSR count). The first kappa shape index (κ1) is 27.3. The Morgan fingerprint density at radius 1 is 1.20 bits per heavy atom. The zero-order chi connectivity index (χ0) is 25.8. The minimum Gasteiger partial charge on any atom is -0.492 e. The number of methoxy groups -OCH3 is 1. The van der Waals surface area contributed by atoms with Gasteiger partial charge in [-0.3, -0.25) is 9.52 Å². The third-order valence-electron chi connectivity index (χ3n) is 5.62. The van der Waals surface area contributed by atoms with Crippen LogP contribution in [0, 0.1) is 0 Å². The Morgan fingerprint density at radius 3 is 2.60 bits per heavy atom. The van der Waals surface area contributed by atoms with E-state index in [9.17, 15) is 26.4 Å². The number of hydrogen-bond donors (Lipinski definition) is 1. The normalized spacial score (nSPS) is 15.4. The fraction of sp³-hybridized carbons (Fsp3) is 0.522. The molecule has 12 heteroatoms. The molecule has 7 nitrogen and oxygen atoms in total. The quantitative estimate of drug-likeness (QED) is 0.400. The number of nitrogens with one attached hydrogen (secondary N) is 1. The van der Waals surface area contributed by atoms with E-state index < -0.39 is 33.1 Å². The second-order valence-electron chi connectivity index (χ2n) is 8.45. The van der Waals surface area contributed by atoms with Crippen LogP contribution in [0.2, 0.25) is 5.02 Å². The number of ether oxygens (including phenoxy) is 2. The number of sulfonamides is 1. The van der Waals surface area contributed by atoms with Crippen LogP contribution in [-0.4, -0.2) is 45.2 Å². The van der Waals surface area contributed by atoms with E-state index in [1.807, 2.05) is 17.7 Å². The number of unbranched alkanes of at least 4 members (excludes halogenated alkanes) is 1. The first-order valence-corrected chi connectivity index (χ1v) is 13.2. The highest BCUT2D eigenvalue weighted by Crippen LogP contribution is 2.41. The molecule has 0 saturated heterocycles. The Bertz CT molecular complexity index is 1210. The lowest BCUT2D eigenvalue weighted by molar-refractivity contribution is -0.106. The van der Waals surface area contributed by atoms with Crippen molar-refractivity contribution in [3.05, 3.63) is 45.2 Å². The van der Waals surface area contributed by atoms with Crippen LogP contribution in [0.4, 0.5) is 18.9 Å². The summed E-state index contributed by atoms with van der Waals surface area (Å²) in [5.41, 5.74) is 0.965. The van der Waals surface area contributed by atoms with Gasteiger partial charge in [0.05, 0.1) is 17.3 Å². The minimum absolute atomic E-state index is 0.133. The highest BCUT2D eigenvalue weighted by atomic mass is 35.5. The number of fused-ring (bicyclic) bond motifs is 3. The molecule has 2 heterocycles. The molecule has 1 aliphatic rings. The third kappa shape index (κ3) is 7.14. The highest BCUT2D eigenvalue weighted by molar-refractivity contribution is 7.92. The highest BCUT2D eigenvalue weighted by Gasteiger charge is 2.36. The Balaban J connectivity index is 2.01. The fourth-order valence-corrected chi connectivity index (χ4v) is 5.30. The van der Waals surface area contributed by atoms with Crippen LogP contribution in [0.15, 0.2) is 29.2 Å². The molecule has 194 valence electrons. The van der Waals surface area contributed by atoms with Crippen LogP contribution in [0.1, 0.15) is 44.2 Å². The molecule has 0 fully saturated rings. The van der Waals surface area contributed by atoms with Crippen LogP contribution < -0.4 is 14.9 Å². The topological polar surface area (TPSA) is 86.6 Å². The number of benzene rings is 1. The van der Waals surface area contributed by atoms with E-state index >= 15 is 0 Å². The molecule has 35 heavy (non-hydrogen) atoms. The Hall–Kier alpha value is -2.24. The predicted octanol–water partition coefficient (Wildman–Crippen LogP) is 5.18. The molecular weight excluding hydrogens is 509 g/mol. The average Bonchev–Trinajstić information content (AvgIpc) is 2.74. The molecule has 0 spiro atoms. The lowest BCUT2D eigenvalue weighted by Crippen LogP contribution is -2.31. The van der Waals surface area contributed by atoms with Crippen molar-refractivity contribution in [2.75, 3.05) is 30.8 Å². The maximum atomic E-state index is 12.7. The number of nitrogens with zero attached hydrogens (tertiary/aromatic N) is 1. The molecule has 2 aromatic rings. The minimum atomic E-state index is -4.93. The second kappa shape index (κ2) is 11.2. The molecule has 0 aliphatic carbocycles. The lowest BCUT2D eigenvalue weighted by Gasteiger charge is -2.31. The molecule has 0 bridgehead atoms. The number of rotatable bonds is 11. The van der Waals surface area contributed by atoms with Gasteiger partial charge in [-0.05, 0) is 30.5 Å². The summed E-state index contributed by atoms with van der Waals surface area (Å²) in [6, 6.07) is 4.64. The van der Waals surface area contributed by atoms with Crippen LogP contribution in [0.5, 0.6) is 5.75 Å². The van der Waals surface area contributed by atoms with Gasteiger partial charge in [-0.25, -0.2) is 8.42 Å². The maximum absolute atomic E-state index is 12.7. The molecule has 0 saturated carbocycles. The Kier molecular flexibility index (Phi) is 8.76. The zero-order valence-corrected chi connectivity index (χ0v) is 21.0. The van der Waals surface area contributed by atoms with Crippen molar-refractivity contribution in [2.45, 2.75) is 51.2 Å². The van der Waals surface area contributed by atoms with Gasteiger partial charge in [-0.1, -0.05) is 31.4 Å². The van der Waals surface area contributed by atoms with Gasteiger partial charge in [0, 0.05) is 44.0 Å². The summed E-state index contributed by atoms with van der Waals surface area (Å²) in [4.78, 5) is 12.7.